The van der Waals surface area contributed by atoms with Crippen LogP contribution in [0.2, 0.25) is 0 Å². The summed E-state index contributed by atoms with van der Waals surface area (Å²) in [5.74, 6) is -3.97. The highest BCUT2D eigenvalue weighted by Crippen LogP contribution is 2.23. The van der Waals surface area contributed by atoms with Gasteiger partial charge in [0.25, 0.3) is 0 Å². The highest BCUT2D eigenvalue weighted by molar-refractivity contribution is 5.72. The summed E-state index contributed by atoms with van der Waals surface area (Å²) in [4.78, 5) is 11.3. The Hall–Kier alpha value is -1.65. The highest BCUT2D eigenvalue weighted by Gasteiger charge is 2.17. The van der Waals surface area contributed by atoms with Crippen LogP contribution in [0.3, 0.4) is 0 Å². The Balaban J connectivity index is 2.78. The molecule has 0 aliphatic carbocycles. The summed E-state index contributed by atoms with van der Waals surface area (Å²) < 4.78 is 30.9. The van der Waals surface area contributed by atoms with Gasteiger partial charge in [0, 0.05) is 0 Å². The average Bonchev–Trinajstić information content (AvgIpc) is 2.26. The van der Waals surface area contributed by atoms with Gasteiger partial charge in [-0.2, -0.15) is 0 Å². The predicted octanol–water partition coefficient (Wildman–Crippen LogP) is 2.41. The number of aromatic hydroxyl groups is 1. The van der Waals surface area contributed by atoms with E-state index in [4.69, 9.17) is 9.84 Å². The SMILES string of the molecule is CCOC(=O)[C@H](C)Cc1cc(F)c(O)c(F)c1. The fourth-order valence-corrected chi connectivity index (χ4v) is 1.46. The third kappa shape index (κ3) is 3.41. The minimum Gasteiger partial charge on any atom is -0.503 e. The van der Waals surface area contributed by atoms with E-state index in [1.54, 1.807) is 13.8 Å². The van der Waals surface area contributed by atoms with Gasteiger partial charge in [0.2, 0.25) is 0 Å². The van der Waals surface area contributed by atoms with Gasteiger partial charge in [-0.1, -0.05) is 6.92 Å². The Labute approximate surface area is 98.0 Å². The van der Waals surface area contributed by atoms with Crippen molar-refractivity contribution in [2.24, 2.45) is 5.92 Å². The lowest BCUT2D eigenvalue weighted by atomic mass is 10.0. The zero-order valence-electron chi connectivity index (χ0n) is 9.67. The van der Waals surface area contributed by atoms with Crippen LogP contribution in [0.4, 0.5) is 8.78 Å². The zero-order chi connectivity index (χ0) is 13.0. The van der Waals surface area contributed by atoms with Crippen molar-refractivity contribution >= 4 is 5.97 Å². The van der Waals surface area contributed by atoms with Crippen LogP contribution in [0, 0.1) is 17.6 Å². The zero-order valence-corrected chi connectivity index (χ0v) is 9.67. The normalized spacial score (nSPS) is 12.2. The molecule has 1 atom stereocenters. The molecule has 1 rings (SSSR count). The number of halogens is 2. The maximum Gasteiger partial charge on any atom is 0.308 e. The van der Waals surface area contributed by atoms with Gasteiger partial charge in [0.15, 0.2) is 17.4 Å². The van der Waals surface area contributed by atoms with Gasteiger partial charge in [0.05, 0.1) is 12.5 Å². The molecule has 0 fully saturated rings. The summed E-state index contributed by atoms with van der Waals surface area (Å²) >= 11 is 0. The number of phenols is 1. The van der Waals surface area contributed by atoms with E-state index in [1.807, 2.05) is 0 Å². The minimum atomic E-state index is -1.03. The maximum absolute atomic E-state index is 13.0. The smallest absolute Gasteiger partial charge is 0.308 e. The van der Waals surface area contributed by atoms with Gasteiger partial charge in [-0.25, -0.2) is 8.78 Å². The molecule has 0 spiro atoms. The lowest BCUT2D eigenvalue weighted by Crippen LogP contribution is -2.17. The summed E-state index contributed by atoms with van der Waals surface area (Å²) in [6.45, 7) is 3.56. The second-order valence-corrected chi connectivity index (χ2v) is 3.77. The minimum absolute atomic E-state index is 0.160. The predicted molar refractivity (Wildman–Crippen MR) is 57.5 cm³/mol. The van der Waals surface area contributed by atoms with Crippen molar-refractivity contribution in [2.75, 3.05) is 6.61 Å². The number of carbonyl (C=O) groups is 1. The molecule has 0 aromatic heterocycles. The molecule has 0 radical (unpaired) electrons. The van der Waals surface area contributed by atoms with Crippen molar-refractivity contribution in [1.82, 2.24) is 0 Å². The number of phenolic OH excluding ortho intramolecular Hbond substituents is 1. The van der Waals surface area contributed by atoms with Crippen molar-refractivity contribution in [3.8, 4) is 5.75 Å². The van der Waals surface area contributed by atoms with Crippen LogP contribution in [0.15, 0.2) is 12.1 Å². The number of carbonyl (C=O) groups excluding carboxylic acids is 1. The first-order valence-electron chi connectivity index (χ1n) is 5.29. The van der Waals surface area contributed by atoms with E-state index in [-0.39, 0.29) is 13.0 Å². The number of rotatable bonds is 4. The second kappa shape index (κ2) is 5.61. The van der Waals surface area contributed by atoms with E-state index < -0.39 is 29.3 Å². The molecule has 0 saturated carbocycles. The molecule has 0 saturated heterocycles. The van der Waals surface area contributed by atoms with E-state index >= 15 is 0 Å². The van der Waals surface area contributed by atoms with E-state index in [0.29, 0.717) is 5.56 Å². The van der Waals surface area contributed by atoms with Crippen LogP contribution < -0.4 is 0 Å². The molecular formula is C12H14F2O3. The van der Waals surface area contributed by atoms with Gasteiger partial charge >= 0.3 is 5.97 Å². The molecule has 1 aromatic rings. The first-order valence-corrected chi connectivity index (χ1v) is 5.29. The molecule has 0 aliphatic rings. The molecule has 3 nitrogen and oxygen atoms in total. The molecule has 5 heteroatoms. The van der Waals surface area contributed by atoms with Gasteiger partial charge in [-0.3, -0.25) is 4.79 Å². The first-order chi connectivity index (χ1) is 7.95. The summed E-state index contributed by atoms with van der Waals surface area (Å²) in [7, 11) is 0. The Morgan fingerprint density at radius 1 is 1.41 bits per heavy atom. The van der Waals surface area contributed by atoms with Crippen LogP contribution >= 0.6 is 0 Å². The van der Waals surface area contributed by atoms with E-state index in [9.17, 15) is 13.6 Å². The van der Waals surface area contributed by atoms with Crippen LogP contribution in [-0.2, 0) is 16.0 Å². The van der Waals surface area contributed by atoms with Crippen LogP contribution in [0.1, 0.15) is 19.4 Å². The molecule has 0 unspecified atom stereocenters. The molecule has 0 heterocycles. The largest absolute Gasteiger partial charge is 0.503 e. The molecule has 94 valence electrons. The van der Waals surface area contributed by atoms with Crippen LogP contribution in [-0.4, -0.2) is 17.7 Å². The molecule has 0 aliphatic heterocycles. The van der Waals surface area contributed by atoms with Crippen LogP contribution in [0.25, 0.3) is 0 Å². The standard InChI is InChI=1S/C12H14F2O3/c1-3-17-12(16)7(2)4-8-5-9(13)11(15)10(14)6-8/h5-7,15H,3-4H2,1-2H3/t7-/m1/s1. The lowest BCUT2D eigenvalue weighted by molar-refractivity contribution is -0.147. The first kappa shape index (κ1) is 13.4. The summed E-state index contributed by atoms with van der Waals surface area (Å²) in [5.41, 5.74) is 0.304. The third-order valence-corrected chi connectivity index (χ3v) is 2.31. The third-order valence-electron chi connectivity index (χ3n) is 2.31. The van der Waals surface area contributed by atoms with Crippen molar-refractivity contribution in [1.29, 1.82) is 0 Å². The Morgan fingerprint density at radius 2 is 1.94 bits per heavy atom. The molecule has 0 amide bonds. The van der Waals surface area contributed by atoms with E-state index in [1.165, 1.54) is 0 Å². The summed E-state index contributed by atoms with van der Waals surface area (Å²) in [6.07, 6.45) is 0.160. The van der Waals surface area contributed by atoms with Crippen molar-refractivity contribution < 1.29 is 23.4 Å². The van der Waals surface area contributed by atoms with Gasteiger partial charge in [0.1, 0.15) is 0 Å². The quantitative estimate of drug-likeness (QED) is 0.827. The fourth-order valence-electron chi connectivity index (χ4n) is 1.46. The molecule has 17 heavy (non-hydrogen) atoms. The number of hydrogen-bond acceptors (Lipinski definition) is 3. The molecule has 1 aromatic carbocycles. The number of benzene rings is 1. The van der Waals surface area contributed by atoms with Crippen molar-refractivity contribution in [3.05, 3.63) is 29.3 Å². The number of ether oxygens (including phenoxy) is 1. The average molecular weight is 244 g/mol. The van der Waals surface area contributed by atoms with Gasteiger partial charge < -0.3 is 9.84 Å². The molecule has 0 bridgehead atoms. The molecule has 1 N–H and O–H groups in total. The number of hydrogen-bond donors (Lipinski definition) is 1. The Bertz CT molecular complexity index is 395. The highest BCUT2D eigenvalue weighted by atomic mass is 19.1. The lowest BCUT2D eigenvalue weighted by Gasteiger charge is -2.11. The summed E-state index contributed by atoms with van der Waals surface area (Å²) in [5, 5.41) is 8.92. The monoisotopic (exact) mass is 244 g/mol. The van der Waals surface area contributed by atoms with Gasteiger partial charge in [-0.15, -0.1) is 0 Å². The fraction of sp³-hybridized carbons (Fsp3) is 0.417. The maximum atomic E-state index is 13.0. The molecular weight excluding hydrogens is 230 g/mol. The van der Waals surface area contributed by atoms with Crippen molar-refractivity contribution in [2.45, 2.75) is 20.3 Å². The number of esters is 1. The summed E-state index contributed by atoms with van der Waals surface area (Å²) in [6, 6.07) is 2.02. The van der Waals surface area contributed by atoms with E-state index in [2.05, 4.69) is 0 Å². The van der Waals surface area contributed by atoms with Gasteiger partial charge in [-0.05, 0) is 31.0 Å². The second-order valence-electron chi connectivity index (χ2n) is 3.77. The Morgan fingerprint density at radius 3 is 2.41 bits per heavy atom. The van der Waals surface area contributed by atoms with E-state index in [0.717, 1.165) is 12.1 Å². The topological polar surface area (TPSA) is 46.5 Å². The van der Waals surface area contributed by atoms with Crippen LogP contribution in [0.5, 0.6) is 5.75 Å². The van der Waals surface area contributed by atoms with Crippen molar-refractivity contribution in [3.63, 3.8) is 0 Å². The Kier molecular flexibility index (Phi) is 4.43.